The monoisotopic (exact) mass is 241 g/mol. The van der Waals surface area contributed by atoms with E-state index in [1.807, 2.05) is 6.92 Å². The highest BCUT2D eigenvalue weighted by Crippen LogP contribution is 2.18. The van der Waals surface area contributed by atoms with Crippen LogP contribution in [0.5, 0.6) is 0 Å². The molecule has 5 nitrogen and oxygen atoms in total. The zero-order valence-electron chi connectivity index (χ0n) is 8.71. The molecular formula is C9H20ClNO4. The predicted molar refractivity (Wildman–Crippen MR) is 58.0 cm³/mol. The van der Waals surface area contributed by atoms with Crippen LogP contribution in [-0.4, -0.2) is 57.4 Å². The number of piperidine rings is 1. The van der Waals surface area contributed by atoms with E-state index in [0.717, 1.165) is 6.42 Å². The third-order valence-corrected chi connectivity index (χ3v) is 2.75. The van der Waals surface area contributed by atoms with E-state index in [9.17, 15) is 15.3 Å². The van der Waals surface area contributed by atoms with E-state index in [1.165, 1.54) is 0 Å². The summed E-state index contributed by atoms with van der Waals surface area (Å²) >= 11 is 0. The molecule has 0 saturated carbocycles. The summed E-state index contributed by atoms with van der Waals surface area (Å²) in [5.74, 6) is 0. The van der Waals surface area contributed by atoms with Crippen LogP contribution in [0.25, 0.3) is 0 Å². The highest BCUT2D eigenvalue weighted by Gasteiger charge is 2.41. The van der Waals surface area contributed by atoms with Crippen LogP contribution in [0.2, 0.25) is 0 Å². The Morgan fingerprint density at radius 2 is 1.53 bits per heavy atom. The van der Waals surface area contributed by atoms with Crippen molar-refractivity contribution in [3.05, 3.63) is 0 Å². The van der Waals surface area contributed by atoms with Crippen molar-refractivity contribution in [3.63, 3.8) is 0 Å². The number of aliphatic hydroxyl groups excluding tert-OH is 4. The number of halogens is 1. The van der Waals surface area contributed by atoms with Crippen LogP contribution >= 0.6 is 12.4 Å². The molecule has 0 bridgehead atoms. The molecule has 1 saturated heterocycles. The molecule has 1 aliphatic heterocycles. The maximum atomic E-state index is 9.60. The number of rotatable bonds is 3. The predicted octanol–water partition coefficient (Wildman–Crippen LogP) is -1.38. The van der Waals surface area contributed by atoms with Gasteiger partial charge in [-0.05, 0) is 6.42 Å². The van der Waals surface area contributed by atoms with E-state index in [1.54, 1.807) is 0 Å². The van der Waals surface area contributed by atoms with E-state index >= 15 is 0 Å². The smallest absolute Gasteiger partial charge is 0.109 e. The molecule has 0 amide bonds. The molecule has 6 heteroatoms. The lowest BCUT2D eigenvalue weighted by molar-refractivity contribution is -0.120. The number of hydrogen-bond donors (Lipinski definition) is 5. The molecule has 0 unspecified atom stereocenters. The Hall–Kier alpha value is 0.0900. The lowest BCUT2D eigenvalue weighted by atomic mass is 9.88. The minimum Gasteiger partial charge on any atom is -0.395 e. The van der Waals surface area contributed by atoms with Crippen molar-refractivity contribution in [3.8, 4) is 0 Å². The maximum Gasteiger partial charge on any atom is 0.109 e. The van der Waals surface area contributed by atoms with Crippen molar-refractivity contribution in [1.82, 2.24) is 5.32 Å². The van der Waals surface area contributed by atoms with Gasteiger partial charge in [0, 0.05) is 6.04 Å². The van der Waals surface area contributed by atoms with Gasteiger partial charge in [-0.3, -0.25) is 0 Å². The van der Waals surface area contributed by atoms with Gasteiger partial charge in [-0.15, -0.1) is 12.4 Å². The van der Waals surface area contributed by atoms with Gasteiger partial charge in [0.1, 0.15) is 6.10 Å². The molecule has 0 spiro atoms. The van der Waals surface area contributed by atoms with Gasteiger partial charge in [0.05, 0.1) is 24.9 Å². The van der Waals surface area contributed by atoms with Crippen molar-refractivity contribution in [2.45, 2.75) is 50.2 Å². The number of aliphatic hydroxyl groups is 4. The molecule has 1 heterocycles. The first-order chi connectivity index (χ1) is 6.61. The standard InChI is InChI=1S/C9H19NO4.ClH/c1-2-3-5-7(12)9(14)8(13)6(4-11)10-5;/h5-14H,2-4H2,1H3;1H/t5-,6-,7-,8+,9+;/m0./s1. The van der Waals surface area contributed by atoms with Crippen LogP contribution in [0, 0.1) is 0 Å². The number of nitrogens with one attached hydrogen (secondary N) is 1. The van der Waals surface area contributed by atoms with Crippen molar-refractivity contribution < 1.29 is 20.4 Å². The third kappa shape index (κ3) is 3.27. The normalized spacial score (nSPS) is 41.0. The van der Waals surface area contributed by atoms with E-state index in [0.29, 0.717) is 6.42 Å². The third-order valence-electron chi connectivity index (χ3n) is 2.75. The van der Waals surface area contributed by atoms with Crippen LogP contribution in [0.4, 0.5) is 0 Å². The summed E-state index contributed by atoms with van der Waals surface area (Å²) in [5.41, 5.74) is 0. The van der Waals surface area contributed by atoms with Gasteiger partial charge in [-0.2, -0.15) is 0 Å². The first kappa shape index (κ1) is 15.1. The lowest BCUT2D eigenvalue weighted by Gasteiger charge is -2.41. The summed E-state index contributed by atoms with van der Waals surface area (Å²) in [6.45, 7) is 1.73. The van der Waals surface area contributed by atoms with Crippen LogP contribution in [0.1, 0.15) is 19.8 Å². The fourth-order valence-electron chi connectivity index (χ4n) is 1.88. The van der Waals surface area contributed by atoms with Gasteiger partial charge in [0.15, 0.2) is 0 Å². The van der Waals surface area contributed by atoms with Crippen molar-refractivity contribution in [2.75, 3.05) is 6.61 Å². The van der Waals surface area contributed by atoms with Crippen LogP contribution in [-0.2, 0) is 0 Å². The summed E-state index contributed by atoms with van der Waals surface area (Å²) in [4.78, 5) is 0. The summed E-state index contributed by atoms with van der Waals surface area (Å²) in [6, 6.07) is -0.805. The average molecular weight is 242 g/mol. The van der Waals surface area contributed by atoms with Gasteiger partial charge in [-0.25, -0.2) is 0 Å². The summed E-state index contributed by atoms with van der Waals surface area (Å²) in [6.07, 6.45) is -1.67. The van der Waals surface area contributed by atoms with Gasteiger partial charge >= 0.3 is 0 Å². The van der Waals surface area contributed by atoms with E-state index in [4.69, 9.17) is 5.11 Å². The Labute approximate surface area is 95.5 Å². The molecule has 0 aromatic heterocycles. The summed E-state index contributed by atoms with van der Waals surface area (Å²) in [7, 11) is 0. The van der Waals surface area contributed by atoms with E-state index in [2.05, 4.69) is 5.32 Å². The molecular weight excluding hydrogens is 222 g/mol. The first-order valence-electron chi connectivity index (χ1n) is 5.03. The first-order valence-corrected chi connectivity index (χ1v) is 5.03. The van der Waals surface area contributed by atoms with Gasteiger partial charge < -0.3 is 25.7 Å². The second kappa shape index (κ2) is 6.62. The maximum absolute atomic E-state index is 9.60. The Bertz CT molecular complexity index is 179. The van der Waals surface area contributed by atoms with Crippen LogP contribution in [0.15, 0.2) is 0 Å². The van der Waals surface area contributed by atoms with E-state index in [-0.39, 0.29) is 25.1 Å². The molecule has 0 aliphatic carbocycles. The van der Waals surface area contributed by atoms with E-state index < -0.39 is 24.4 Å². The Balaban J connectivity index is 0.00000196. The topological polar surface area (TPSA) is 93.0 Å². The zero-order chi connectivity index (χ0) is 10.7. The SMILES string of the molecule is CCC[C@@H]1N[C@@H](CO)[C@@H](O)[C@H](O)[C@H]1O.Cl. The second-order valence-electron chi connectivity index (χ2n) is 3.82. The molecule has 15 heavy (non-hydrogen) atoms. The molecule has 1 rings (SSSR count). The minimum atomic E-state index is -1.18. The zero-order valence-corrected chi connectivity index (χ0v) is 9.52. The van der Waals surface area contributed by atoms with Gasteiger partial charge in [0.2, 0.25) is 0 Å². The molecule has 0 radical (unpaired) electrons. The molecule has 1 fully saturated rings. The Morgan fingerprint density at radius 1 is 1.00 bits per heavy atom. The fourth-order valence-corrected chi connectivity index (χ4v) is 1.88. The second-order valence-corrected chi connectivity index (χ2v) is 3.82. The van der Waals surface area contributed by atoms with Crippen LogP contribution in [0.3, 0.4) is 0 Å². The minimum absolute atomic E-state index is 0. The molecule has 1 aliphatic rings. The Kier molecular flexibility index (Phi) is 6.66. The number of hydrogen-bond acceptors (Lipinski definition) is 5. The van der Waals surface area contributed by atoms with Gasteiger partial charge in [-0.1, -0.05) is 13.3 Å². The molecule has 0 aromatic carbocycles. The Morgan fingerprint density at radius 3 is 2.00 bits per heavy atom. The summed E-state index contributed by atoms with van der Waals surface area (Å²) in [5, 5.41) is 40.4. The van der Waals surface area contributed by atoms with Crippen LogP contribution < -0.4 is 5.32 Å². The van der Waals surface area contributed by atoms with Gasteiger partial charge in [0.25, 0.3) is 0 Å². The van der Waals surface area contributed by atoms with Crippen molar-refractivity contribution >= 4 is 12.4 Å². The summed E-state index contributed by atoms with van der Waals surface area (Å²) < 4.78 is 0. The fraction of sp³-hybridized carbons (Fsp3) is 1.00. The van der Waals surface area contributed by atoms with Crippen molar-refractivity contribution in [1.29, 1.82) is 0 Å². The lowest BCUT2D eigenvalue weighted by Crippen LogP contribution is -2.65. The molecule has 5 N–H and O–H groups in total. The molecule has 92 valence electrons. The van der Waals surface area contributed by atoms with Crippen molar-refractivity contribution in [2.24, 2.45) is 0 Å². The largest absolute Gasteiger partial charge is 0.395 e. The quantitative estimate of drug-likeness (QED) is 0.420. The molecule has 0 aromatic rings. The average Bonchev–Trinajstić information content (AvgIpc) is 2.19. The highest BCUT2D eigenvalue weighted by molar-refractivity contribution is 5.85. The highest BCUT2D eigenvalue weighted by atomic mass is 35.5. The molecule has 5 atom stereocenters.